The van der Waals surface area contributed by atoms with Crippen molar-refractivity contribution in [3.8, 4) is 0 Å². The van der Waals surface area contributed by atoms with Gasteiger partial charge in [0, 0.05) is 31.3 Å². The van der Waals surface area contributed by atoms with Gasteiger partial charge in [0.15, 0.2) is 9.84 Å². The molecule has 0 radical (unpaired) electrons. The van der Waals surface area contributed by atoms with E-state index in [1.165, 1.54) is 12.1 Å². The lowest BCUT2D eigenvalue weighted by molar-refractivity contribution is 0.0941. The van der Waals surface area contributed by atoms with Crippen molar-refractivity contribution in [3.05, 3.63) is 89.3 Å². The largest absolute Gasteiger partial charge is 0.338 e. The molecule has 28 heavy (non-hydrogen) atoms. The zero-order chi connectivity index (χ0) is 20.3. The summed E-state index contributed by atoms with van der Waals surface area (Å²) in [5.41, 5.74) is 1.54. The molecule has 1 N–H and O–H groups in total. The predicted molar refractivity (Wildman–Crippen MR) is 104 cm³/mol. The number of rotatable bonds is 6. The van der Waals surface area contributed by atoms with Gasteiger partial charge in [-0.1, -0.05) is 24.3 Å². The fraction of sp³-hybridized carbons (Fsp3) is 0.200. The van der Waals surface area contributed by atoms with Gasteiger partial charge in [-0.3, -0.25) is 4.79 Å². The van der Waals surface area contributed by atoms with E-state index < -0.39 is 21.7 Å². The van der Waals surface area contributed by atoms with E-state index in [4.69, 9.17) is 0 Å². The van der Waals surface area contributed by atoms with Gasteiger partial charge in [0.25, 0.3) is 5.91 Å². The number of aryl methyl sites for hydroxylation is 1. The quantitative estimate of drug-likeness (QED) is 0.689. The van der Waals surface area contributed by atoms with Crippen LogP contribution in [0.15, 0.2) is 60.9 Å². The molecule has 2 aromatic carbocycles. The number of amides is 1. The van der Waals surface area contributed by atoms with Crippen LogP contribution in [0.25, 0.3) is 0 Å². The number of aromatic nitrogens is 2. The number of nitrogens with one attached hydrogen (secondary N) is 1. The summed E-state index contributed by atoms with van der Waals surface area (Å²) in [6.45, 7) is 0. The predicted octanol–water partition coefficient (Wildman–Crippen LogP) is 2.62. The molecular formula is C20H20FN3O3S. The molecule has 0 aliphatic rings. The minimum atomic E-state index is -3.15. The van der Waals surface area contributed by atoms with Gasteiger partial charge in [0.2, 0.25) is 0 Å². The standard InChI is InChI=1S/C20H20FN3O3S/c1-24-11-10-22-19(24)18(16-4-3-5-17(21)12-16)23-20(25)15-8-6-14(7-9-15)13-28(2,26)27/h3-12,18H,13H2,1-2H3,(H,23,25). The summed E-state index contributed by atoms with van der Waals surface area (Å²) >= 11 is 0. The van der Waals surface area contributed by atoms with Crippen molar-refractivity contribution in [1.82, 2.24) is 14.9 Å². The average molecular weight is 401 g/mol. The van der Waals surface area contributed by atoms with Gasteiger partial charge in [0.05, 0.1) is 5.75 Å². The number of benzene rings is 2. The Labute approximate surface area is 163 Å². The molecule has 0 aliphatic heterocycles. The molecule has 1 unspecified atom stereocenters. The van der Waals surface area contributed by atoms with Crippen LogP contribution in [0.3, 0.4) is 0 Å². The van der Waals surface area contributed by atoms with Crippen molar-refractivity contribution < 1.29 is 17.6 Å². The third-order valence-electron chi connectivity index (χ3n) is 4.22. The van der Waals surface area contributed by atoms with Gasteiger partial charge in [-0.2, -0.15) is 0 Å². The fourth-order valence-corrected chi connectivity index (χ4v) is 3.71. The number of hydrogen-bond acceptors (Lipinski definition) is 4. The lowest BCUT2D eigenvalue weighted by Crippen LogP contribution is -2.31. The molecule has 0 saturated heterocycles. The van der Waals surface area contributed by atoms with Crippen LogP contribution in [0.1, 0.15) is 33.4 Å². The first kappa shape index (κ1) is 19.8. The number of nitrogens with zero attached hydrogens (tertiary/aromatic N) is 2. The molecule has 1 atom stereocenters. The molecule has 8 heteroatoms. The Balaban J connectivity index is 1.87. The van der Waals surface area contributed by atoms with E-state index in [1.807, 2.05) is 0 Å². The minimum absolute atomic E-state index is 0.0892. The monoisotopic (exact) mass is 401 g/mol. The summed E-state index contributed by atoms with van der Waals surface area (Å²) in [5.74, 6) is -0.305. The van der Waals surface area contributed by atoms with E-state index in [0.29, 0.717) is 22.5 Å². The van der Waals surface area contributed by atoms with Crippen LogP contribution in [0.2, 0.25) is 0 Å². The topological polar surface area (TPSA) is 81.1 Å². The van der Waals surface area contributed by atoms with Gasteiger partial charge < -0.3 is 9.88 Å². The molecule has 0 saturated carbocycles. The molecule has 1 heterocycles. The second-order valence-electron chi connectivity index (χ2n) is 6.62. The number of carbonyl (C=O) groups is 1. The van der Waals surface area contributed by atoms with Crippen LogP contribution in [0.4, 0.5) is 4.39 Å². The van der Waals surface area contributed by atoms with E-state index >= 15 is 0 Å². The number of hydrogen-bond donors (Lipinski definition) is 1. The Hall–Kier alpha value is -3.00. The van der Waals surface area contributed by atoms with Gasteiger partial charge in [-0.05, 0) is 35.4 Å². The molecule has 0 aliphatic carbocycles. The summed E-state index contributed by atoms with van der Waals surface area (Å²) < 4.78 is 38.3. The first-order chi connectivity index (χ1) is 13.2. The molecule has 0 fully saturated rings. The van der Waals surface area contributed by atoms with Crippen molar-refractivity contribution in [1.29, 1.82) is 0 Å². The van der Waals surface area contributed by atoms with Crippen LogP contribution in [-0.4, -0.2) is 30.1 Å². The number of sulfone groups is 1. The summed E-state index contributed by atoms with van der Waals surface area (Å²) in [4.78, 5) is 17.0. The maximum absolute atomic E-state index is 13.7. The highest BCUT2D eigenvalue weighted by atomic mass is 32.2. The molecule has 3 aromatic rings. The summed E-state index contributed by atoms with van der Waals surface area (Å²) in [6.07, 6.45) is 4.51. The first-order valence-electron chi connectivity index (χ1n) is 8.53. The van der Waals surface area contributed by atoms with Crippen molar-refractivity contribution in [2.24, 2.45) is 7.05 Å². The fourth-order valence-electron chi connectivity index (χ4n) is 2.91. The van der Waals surface area contributed by atoms with E-state index in [9.17, 15) is 17.6 Å². The van der Waals surface area contributed by atoms with Crippen LogP contribution in [0.5, 0.6) is 0 Å². The molecule has 146 valence electrons. The summed E-state index contributed by atoms with van der Waals surface area (Å²) in [5, 5.41) is 2.88. The number of halogens is 1. The van der Waals surface area contributed by atoms with Crippen molar-refractivity contribution in [2.45, 2.75) is 11.8 Å². The maximum atomic E-state index is 13.7. The van der Waals surface area contributed by atoms with E-state index in [1.54, 1.807) is 60.4 Å². The summed E-state index contributed by atoms with van der Waals surface area (Å²) in [7, 11) is -1.36. The van der Waals surface area contributed by atoms with Crippen molar-refractivity contribution >= 4 is 15.7 Å². The number of carbonyl (C=O) groups excluding carboxylic acids is 1. The highest BCUT2D eigenvalue weighted by molar-refractivity contribution is 7.89. The highest BCUT2D eigenvalue weighted by Crippen LogP contribution is 2.22. The molecule has 0 spiro atoms. The minimum Gasteiger partial charge on any atom is -0.338 e. The Bertz CT molecular complexity index is 1090. The molecule has 1 aromatic heterocycles. The Kier molecular flexibility index (Phi) is 5.60. The number of imidazole rings is 1. The molecule has 6 nitrogen and oxygen atoms in total. The molecule has 1 amide bonds. The first-order valence-corrected chi connectivity index (χ1v) is 10.6. The molecular weight excluding hydrogens is 381 g/mol. The zero-order valence-corrected chi connectivity index (χ0v) is 16.3. The van der Waals surface area contributed by atoms with Crippen molar-refractivity contribution in [3.63, 3.8) is 0 Å². The SMILES string of the molecule is Cn1ccnc1C(NC(=O)c1ccc(CS(C)(=O)=O)cc1)c1cccc(F)c1. The Morgan fingerprint density at radius 1 is 1.21 bits per heavy atom. The van der Waals surface area contributed by atoms with Crippen LogP contribution in [0, 0.1) is 5.82 Å². The zero-order valence-electron chi connectivity index (χ0n) is 15.5. The van der Waals surface area contributed by atoms with E-state index in [-0.39, 0.29) is 11.7 Å². The smallest absolute Gasteiger partial charge is 0.252 e. The third-order valence-corrected chi connectivity index (χ3v) is 5.08. The normalized spacial score (nSPS) is 12.5. The highest BCUT2D eigenvalue weighted by Gasteiger charge is 2.22. The Morgan fingerprint density at radius 3 is 2.50 bits per heavy atom. The third kappa shape index (κ3) is 4.83. The second kappa shape index (κ2) is 7.93. The van der Waals surface area contributed by atoms with Gasteiger partial charge >= 0.3 is 0 Å². The van der Waals surface area contributed by atoms with Crippen LogP contribution in [-0.2, 0) is 22.6 Å². The lowest BCUT2D eigenvalue weighted by Gasteiger charge is -2.19. The molecule has 0 bridgehead atoms. The lowest BCUT2D eigenvalue weighted by atomic mass is 10.0. The van der Waals surface area contributed by atoms with Gasteiger partial charge in [-0.15, -0.1) is 0 Å². The van der Waals surface area contributed by atoms with Gasteiger partial charge in [0.1, 0.15) is 17.7 Å². The Morgan fingerprint density at radius 2 is 1.93 bits per heavy atom. The van der Waals surface area contributed by atoms with E-state index in [2.05, 4.69) is 10.3 Å². The van der Waals surface area contributed by atoms with E-state index in [0.717, 1.165) is 6.26 Å². The van der Waals surface area contributed by atoms with Crippen molar-refractivity contribution in [2.75, 3.05) is 6.26 Å². The maximum Gasteiger partial charge on any atom is 0.252 e. The molecule has 3 rings (SSSR count). The second-order valence-corrected chi connectivity index (χ2v) is 8.77. The average Bonchev–Trinajstić information content (AvgIpc) is 3.04. The summed E-state index contributed by atoms with van der Waals surface area (Å²) in [6, 6.07) is 11.7. The van der Waals surface area contributed by atoms with Crippen LogP contribution < -0.4 is 5.32 Å². The van der Waals surface area contributed by atoms with Crippen LogP contribution >= 0.6 is 0 Å². The van der Waals surface area contributed by atoms with Gasteiger partial charge in [-0.25, -0.2) is 17.8 Å².